The maximum atomic E-state index is 12.9. The van der Waals surface area contributed by atoms with Crippen molar-refractivity contribution in [2.24, 2.45) is 11.3 Å². The summed E-state index contributed by atoms with van der Waals surface area (Å²) in [7, 11) is 0. The van der Waals surface area contributed by atoms with Crippen LogP contribution in [0.1, 0.15) is 36.8 Å². The summed E-state index contributed by atoms with van der Waals surface area (Å²) in [5.74, 6) is 0.360. The van der Waals surface area contributed by atoms with Gasteiger partial charge in [0.1, 0.15) is 0 Å². The van der Waals surface area contributed by atoms with Crippen molar-refractivity contribution in [2.75, 3.05) is 13.1 Å². The van der Waals surface area contributed by atoms with Gasteiger partial charge >= 0.3 is 0 Å². The molecule has 4 rings (SSSR count). The summed E-state index contributed by atoms with van der Waals surface area (Å²) in [6, 6.07) is 8.08. The van der Waals surface area contributed by atoms with Gasteiger partial charge in [-0.3, -0.25) is 19.7 Å². The number of rotatable bonds is 5. The second kappa shape index (κ2) is 7.54. The summed E-state index contributed by atoms with van der Waals surface area (Å²) in [6.07, 6.45) is 11.8. The molecule has 2 unspecified atom stereocenters. The Morgan fingerprint density at radius 2 is 2.04 bits per heavy atom. The first-order valence-electron chi connectivity index (χ1n) is 9.53. The van der Waals surface area contributed by atoms with Crippen LogP contribution in [0.15, 0.2) is 49.1 Å². The van der Waals surface area contributed by atoms with E-state index in [1.165, 1.54) is 12.0 Å². The van der Waals surface area contributed by atoms with Crippen molar-refractivity contribution in [2.45, 2.75) is 38.8 Å². The third-order valence-corrected chi connectivity index (χ3v) is 6.03. The van der Waals surface area contributed by atoms with Gasteiger partial charge in [-0.2, -0.15) is 0 Å². The minimum atomic E-state index is 0.140. The second-order valence-corrected chi connectivity index (χ2v) is 7.70. The third-order valence-electron chi connectivity index (χ3n) is 6.03. The van der Waals surface area contributed by atoms with Gasteiger partial charge in [0.25, 0.3) is 0 Å². The first-order valence-corrected chi connectivity index (χ1v) is 9.53. The maximum absolute atomic E-state index is 12.9. The highest BCUT2D eigenvalue weighted by atomic mass is 16.1. The van der Waals surface area contributed by atoms with Crippen LogP contribution in [0.25, 0.3) is 0 Å². The monoisotopic (exact) mass is 350 g/mol. The Kier molecular flexibility index (Phi) is 4.98. The number of hydrogen-bond donors (Lipinski definition) is 1. The molecule has 1 N–H and O–H groups in total. The summed E-state index contributed by atoms with van der Waals surface area (Å²) >= 11 is 0. The third kappa shape index (κ3) is 3.63. The molecular weight excluding hydrogens is 324 g/mol. The summed E-state index contributed by atoms with van der Waals surface area (Å²) in [5.41, 5.74) is 2.51. The molecule has 1 saturated carbocycles. The maximum Gasteiger partial charge on any atom is 0.223 e. The lowest BCUT2D eigenvalue weighted by atomic mass is 9.76. The summed E-state index contributed by atoms with van der Waals surface area (Å²) in [6.45, 7) is 3.63. The van der Waals surface area contributed by atoms with Gasteiger partial charge in [0.05, 0.1) is 0 Å². The fraction of sp³-hybridized carbons (Fsp3) is 0.476. The van der Waals surface area contributed by atoms with Crippen LogP contribution < -0.4 is 5.32 Å². The fourth-order valence-corrected chi connectivity index (χ4v) is 4.72. The standard InChI is InChI=1S/C21H26N4O/c26-20(24-14-18-3-2-9-23-13-18)19-4-1-7-21(19)8-12-25(16-21)15-17-5-10-22-11-6-17/h2-3,5-6,9-11,13,19H,1,4,7-8,12,14-16H2,(H,24,26). The Balaban J connectivity index is 1.37. The van der Waals surface area contributed by atoms with Gasteiger partial charge in [-0.05, 0) is 60.5 Å². The van der Waals surface area contributed by atoms with E-state index in [0.717, 1.165) is 44.5 Å². The van der Waals surface area contributed by atoms with Crippen LogP contribution in [0.2, 0.25) is 0 Å². The van der Waals surface area contributed by atoms with E-state index in [2.05, 4.69) is 32.3 Å². The molecule has 0 aromatic carbocycles. The van der Waals surface area contributed by atoms with Crippen molar-refractivity contribution >= 4 is 5.91 Å². The number of carbonyl (C=O) groups excluding carboxylic acids is 1. The Labute approximate surface area is 154 Å². The van der Waals surface area contributed by atoms with Gasteiger partial charge in [-0.1, -0.05) is 12.5 Å². The zero-order chi connectivity index (χ0) is 17.8. The molecule has 1 amide bonds. The largest absolute Gasteiger partial charge is 0.352 e. The first-order chi connectivity index (χ1) is 12.8. The van der Waals surface area contributed by atoms with Crippen LogP contribution in [0.3, 0.4) is 0 Å². The van der Waals surface area contributed by atoms with Crippen molar-refractivity contribution in [1.29, 1.82) is 0 Å². The summed E-state index contributed by atoms with van der Waals surface area (Å²) < 4.78 is 0. The lowest BCUT2D eigenvalue weighted by molar-refractivity contribution is -0.128. The Bertz CT molecular complexity index is 736. The molecule has 1 aliphatic carbocycles. The van der Waals surface area contributed by atoms with Crippen LogP contribution >= 0.6 is 0 Å². The van der Waals surface area contributed by atoms with Gasteiger partial charge < -0.3 is 5.32 Å². The number of nitrogens with one attached hydrogen (secondary N) is 1. The van der Waals surface area contributed by atoms with Gasteiger partial charge in [0, 0.05) is 50.3 Å². The molecule has 1 aliphatic heterocycles. The van der Waals surface area contributed by atoms with E-state index >= 15 is 0 Å². The number of aromatic nitrogens is 2. The van der Waals surface area contributed by atoms with E-state index < -0.39 is 0 Å². The number of amides is 1. The molecule has 5 nitrogen and oxygen atoms in total. The highest BCUT2D eigenvalue weighted by Gasteiger charge is 2.50. The van der Waals surface area contributed by atoms with E-state index in [1.807, 2.05) is 30.7 Å². The molecule has 1 spiro atoms. The molecule has 3 heterocycles. The molecule has 2 aromatic heterocycles. The normalized spacial score (nSPS) is 25.6. The Hall–Kier alpha value is -2.27. The van der Waals surface area contributed by atoms with Crippen molar-refractivity contribution in [1.82, 2.24) is 20.2 Å². The van der Waals surface area contributed by atoms with Crippen molar-refractivity contribution < 1.29 is 4.79 Å². The van der Waals surface area contributed by atoms with E-state index in [1.54, 1.807) is 6.20 Å². The predicted octanol–water partition coefficient (Wildman–Crippen LogP) is 2.79. The number of carbonyl (C=O) groups is 1. The molecule has 0 bridgehead atoms. The number of nitrogens with zero attached hydrogens (tertiary/aromatic N) is 3. The summed E-state index contributed by atoms with van der Waals surface area (Å²) in [4.78, 5) is 23.6. The van der Waals surface area contributed by atoms with Gasteiger partial charge in [-0.25, -0.2) is 0 Å². The van der Waals surface area contributed by atoms with Crippen molar-refractivity contribution in [3.8, 4) is 0 Å². The molecule has 136 valence electrons. The molecule has 2 aromatic rings. The molecule has 26 heavy (non-hydrogen) atoms. The molecule has 2 aliphatic rings. The van der Waals surface area contributed by atoms with E-state index in [4.69, 9.17) is 0 Å². The van der Waals surface area contributed by atoms with Gasteiger partial charge in [-0.15, -0.1) is 0 Å². The van der Waals surface area contributed by atoms with Crippen LogP contribution in [0.4, 0.5) is 0 Å². The number of pyridine rings is 2. The lowest BCUT2D eigenvalue weighted by Crippen LogP contribution is -2.40. The number of hydrogen-bond acceptors (Lipinski definition) is 4. The molecule has 2 atom stereocenters. The minimum Gasteiger partial charge on any atom is -0.352 e. The highest BCUT2D eigenvalue weighted by molar-refractivity contribution is 5.80. The highest BCUT2D eigenvalue weighted by Crippen LogP contribution is 2.50. The average Bonchev–Trinajstić information content (AvgIpc) is 3.28. The predicted molar refractivity (Wildman–Crippen MR) is 100.0 cm³/mol. The zero-order valence-electron chi connectivity index (χ0n) is 15.1. The Morgan fingerprint density at radius 1 is 1.15 bits per heavy atom. The van der Waals surface area contributed by atoms with Crippen LogP contribution in [-0.4, -0.2) is 33.9 Å². The van der Waals surface area contributed by atoms with Crippen molar-refractivity contribution in [3.63, 3.8) is 0 Å². The Morgan fingerprint density at radius 3 is 2.85 bits per heavy atom. The minimum absolute atomic E-state index is 0.140. The lowest BCUT2D eigenvalue weighted by Gasteiger charge is -2.30. The van der Waals surface area contributed by atoms with Crippen molar-refractivity contribution in [3.05, 3.63) is 60.2 Å². The van der Waals surface area contributed by atoms with Gasteiger partial charge in [0.15, 0.2) is 0 Å². The van der Waals surface area contributed by atoms with E-state index in [-0.39, 0.29) is 17.2 Å². The summed E-state index contributed by atoms with van der Waals surface area (Å²) in [5, 5.41) is 3.15. The van der Waals surface area contributed by atoms with Crippen LogP contribution in [0.5, 0.6) is 0 Å². The first kappa shape index (κ1) is 17.2. The molecule has 0 radical (unpaired) electrons. The molecule has 2 fully saturated rings. The fourth-order valence-electron chi connectivity index (χ4n) is 4.72. The van der Waals surface area contributed by atoms with Gasteiger partial charge in [0.2, 0.25) is 5.91 Å². The quantitative estimate of drug-likeness (QED) is 0.901. The topological polar surface area (TPSA) is 58.1 Å². The molecule has 5 heteroatoms. The molecular formula is C21H26N4O. The molecule has 1 saturated heterocycles. The smallest absolute Gasteiger partial charge is 0.223 e. The van der Waals surface area contributed by atoms with Crippen LogP contribution in [-0.2, 0) is 17.9 Å². The SMILES string of the molecule is O=C(NCc1cccnc1)C1CCCC12CCN(Cc1ccncc1)C2. The number of likely N-dealkylation sites (tertiary alicyclic amines) is 1. The van der Waals surface area contributed by atoms with E-state index in [9.17, 15) is 4.79 Å². The van der Waals surface area contributed by atoms with E-state index in [0.29, 0.717) is 6.54 Å². The average molecular weight is 350 g/mol. The second-order valence-electron chi connectivity index (χ2n) is 7.70. The zero-order valence-corrected chi connectivity index (χ0v) is 15.1. The van der Waals surface area contributed by atoms with Crippen LogP contribution in [0, 0.1) is 11.3 Å².